The van der Waals surface area contributed by atoms with Gasteiger partial charge in [-0.25, -0.2) is 4.79 Å². The molecule has 3 heteroatoms. The van der Waals surface area contributed by atoms with Crippen LogP contribution in [-0.2, 0) is 4.79 Å². The van der Waals surface area contributed by atoms with Gasteiger partial charge in [-0.3, -0.25) is 0 Å². The zero-order chi connectivity index (χ0) is 4.28. The van der Waals surface area contributed by atoms with Crippen molar-refractivity contribution in [3.63, 3.8) is 0 Å². The second kappa shape index (κ2) is 5.85. The Morgan fingerprint density at radius 3 is 2.00 bits per heavy atom. The molecule has 0 rings (SSSR count). The van der Waals surface area contributed by atoms with Crippen LogP contribution in [0.2, 0.25) is 0 Å². The number of carboxylic acid groups (broad SMARTS) is 1. The van der Waals surface area contributed by atoms with E-state index in [1.165, 1.54) is 0 Å². The van der Waals surface area contributed by atoms with Crippen molar-refractivity contribution in [1.29, 1.82) is 0 Å². The van der Waals surface area contributed by atoms with Crippen molar-refractivity contribution in [3.8, 4) is 0 Å². The van der Waals surface area contributed by atoms with Crippen LogP contribution in [0.5, 0.6) is 0 Å². The van der Waals surface area contributed by atoms with Crippen molar-refractivity contribution in [2.24, 2.45) is 0 Å². The maximum atomic E-state index is 9.25. The molecular weight excluding hydrogens is 107 g/mol. The second-order valence-electron chi connectivity index (χ2n) is 0.542. The Kier molecular flexibility index (Phi) is 9.71. The molecular formula is C3H4KO2. The third kappa shape index (κ3) is 8.85. The monoisotopic (exact) mass is 111 g/mol. The van der Waals surface area contributed by atoms with Crippen LogP contribution in [0.25, 0.3) is 0 Å². The maximum absolute atomic E-state index is 9.25. The molecule has 0 bridgehead atoms. The number of carboxylic acids is 1. The summed E-state index contributed by atoms with van der Waals surface area (Å²) in [7, 11) is 0. The predicted octanol–water partition coefficient (Wildman–Crippen LogP) is -0.124. The Morgan fingerprint density at radius 1 is 1.83 bits per heavy atom. The normalized spacial score (nSPS) is 5.33. The quantitative estimate of drug-likeness (QED) is 0.378. The van der Waals surface area contributed by atoms with E-state index in [4.69, 9.17) is 5.11 Å². The van der Waals surface area contributed by atoms with Gasteiger partial charge in [0.2, 0.25) is 0 Å². The summed E-state index contributed by atoms with van der Waals surface area (Å²) in [6, 6.07) is 0. The average molecular weight is 111 g/mol. The summed E-state index contributed by atoms with van der Waals surface area (Å²) < 4.78 is 0. The zero-order valence-electron chi connectivity index (χ0n) is 3.64. The Hall–Kier alpha value is 0.846. The van der Waals surface area contributed by atoms with Gasteiger partial charge in [0, 0.05) is 57.5 Å². The fourth-order valence-corrected chi connectivity index (χ4v) is 0. The maximum Gasteiger partial charge on any atom is 0.327 e. The number of hydrogen-bond acceptors (Lipinski definition) is 1. The Bertz CT molecular complexity index is 59.8. The molecule has 0 heterocycles. The fourth-order valence-electron chi connectivity index (χ4n) is 0. The molecule has 0 spiro atoms. The van der Waals surface area contributed by atoms with Crippen LogP contribution in [0.1, 0.15) is 0 Å². The fraction of sp³-hybridized carbons (Fsp3) is 0. The first-order valence-corrected chi connectivity index (χ1v) is 1.12. The molecule has 6 heavy (non-hydrogen) atoms. The van der Waals surface area contributed by atoms with E-state index in [0.717, 1.165) is 6.08 Å². The van der Waals surface area contributed by atoms with Gasteiger partial charge in [0.25, 0.3) is 0 Å². The van der Waals surface area contributed by atoms with Crippen molar-refractivity contribution in [3.05, 3.63) is 12.7 Å². The van der Waals surface area contributed by atoms with E-state index in [1.807, 2.05) is 0 Å². The van der Waals surface area contributed by atoms with Crippen molar-refractivity contribution in [2.75, 3.05) is 0 Å². The van der Waals surface area contributed by atoms with E-state index in [-0.39, 0.29) is 51.4 Å². The topological polar surface area (TPSA) is 37.3 Å². The van der Waals surface area contributed by atoms with Crippen LogP contribution in [0.3, 0.4) is 0 Å². The molecule has 0 amide bonds. The first-order chi connectivity index (χ1) is 2.27. The van der Waals surface area contributed by atoms with Crippen LogP contribution in [-0.4, -0.2) is 62.5 Å². The van der Waals surface area contributed by atoms with E-state index in [1.54, 1.807) is 0 Å². The first kappa shape index (κ1) is 9.96. The smallest absolute Gasteiger partial charge is 0.327 e. The molecule has 0 aliphatic rings. The minimum absolute atomic E-state index is 0. The summed E-state index contributed by atoms with van der Waals surface area (Å²) in [5, 5.41) is 7.60. The van der Waals surface area contributed by atoms with Crippen molar-refractivity contribution in [2.45, 2.75) is 0 Å². The van der Waals surface area contributed by atoms with Crippen LogP contribution >= 0.6 is 0 Å². The minimum Gasteiger partial charge on any atom is -0.478 e. The molecule has 1 N–H and O–H groups in total. The van der Waals surface area contributed by atoms with Crippen LogP contribution in [0.15, 0.2) is 12.7 Å². The number of aliphatic carboxylic acids is 1. The average Bonchev–Trinajstić information content (AvgIpc) is 1.38. The number of rotatable bonds is 1. The van der Waals surface area contributed by atoms with Crippen molar-refractivity contribution < 1.29 is 9.90 Å². The van der Waals surface area contributed by atoms with Gasteiger partial charge in [-0.15, -0.1) is 0 Å². The molecule has 2 nitrogen and oxygen atoms in total. The number of carbonyl (C=O) groups is 1. The van der Waals surface area contributed by atoms with E-state index in [0.29, 0.717) is 0 Å². The van der Waals surface area contributed by atoms with E-state index in [9.17, 15) is 4.79 Å². The van der Waals surface area contributed by atoms with Gasteiger partial charge in [-0.1, -0.05) is 6.58 Å². The van der Waals surface area contributed by atoms with Gasteiger partial charge in [-0.2, -0.15) is 0 Å². The minimum atomic E-state index is -0.981. The largest absolute Gasteiger partial charge is 0.478 e. The molecule has 29 valence electrons. The van der Waals surface area contributed by atoms with Crippen molar-refractivity contribution in [1.82, 2.24) is 0 Å². The molecule has 0 aliphatic heterocycles. The Balaban J connectivity index is 0. The predicted molar refractivity (Wildman–Crippen MR) is 23.6 cm³/mol. The summed E-state index contributed by atoms with van der Waals surface area (Å²) in [4.78, 5) is 9.25. The van der Waals surface area contributed by atoms with E-state index < -0.39 is 5.97 Å². The molecule has 1 radical (unpaired) electrons. The van der Waals surface area contributed by atoms with E-state index >= 15 is 0 Å². The van der Waals surface area contributed by atoms with Gasteiger partial charge < -0.3 is 5.11 Å². The molecule has 0 saturated heterocycles. The summed E-state index contributed by atoms with van der Waals surface area (Å²) in [6.45, 7) is 2.96. The van der Waals surface area contributed by atoms with E-state index in [2.05, 4.69) is 6.58 Å². The van der Waals surface area contributed by atoms with Gasteiger partial charge in [0.15, 0.2) is 0 Å². The van der Waals surface area contributed by atoms with Crippen LogP contribution in [0.4, 0.5) is 0 Å². The molecule has 0 unspecified atom stereocenters. The van der Waals surface area contributed by atoms with Gasteiger partial charge in [-0.05, 0) is 0 Å². The molecule has 0 fully saturated rings. The van der Waals surface area contributed by atoms with Gasteiger partial charge in [0.1, 0.15) is 0 Å². The van der Waals surface area contributed by atoms with Crippen LogP contribution < -0.4 is 0 Å². The SMILES string of the molecule is C=CC(=O)O.[K]. The molecule has 0 aliphatic carbocycles. The summed E-state index contributed by atoms with van der Waals surface area (Å²) in [5.41, 5.74) is 0. The Labute approximate surface area is 78.7 Å². The summed E-state index contributed by atoms with van der Waals surface area (Å²) >= 11 is 0. The second-order valence-corrected chi connectivity index (χ2v) is 0.542. The van der Waals surface area contributed by atoms with Crippen molar-refractivity contribution >= 4 is 57.4 Å². The first-order valence-electron chi connectivity index (χ1n) is 1.12. The third-order valence-corrected chi connectivity index (χ3v) is 0.175. The van der Waals surface area contributed by atoms with Gasteiger partial charge in [0.05, 0.1) is 0 Å². The zero-order valence-corrected chi connectivity index (χ0v) is 6.76. The molecule has 0 aromatic rings. The molecule has 0 aromatic carbocycles. The summed E-state index contributed by atoms with van der Waals surface area (Å²) in [5.74, 6) is -0.981. The van der Waals surface area contributed by atoms with Crippen LogP contribution in [0, 0.1) is 0 Å². The number of hydrogen-bond donors (Lipinski definition) is 1. The standard InChI is InChI=1S/C3H4O2.K/c1-2-3(4)5;/h2H,1H2,(H,4,5);. The molecule has 0 aromatic heterocycles. The summed E-state index contributed by atoms with van der Waals surface area (Å²) in [6.07, 6.45) is 0.833. The molecule has 0 saturated carbocycles. The third-order valence-electron chi connectivity index (χ3n) is 0.175. The van der Waals surface area contributed by atoms with Gasteiger partial charge >= 0.3 is 5.97 Å². The Morgan fingerprint density at radius 2 is 2.00 bits per heavy atom. The molecule has 0 atom stereocenters.